The summed E-state index contributed by atoms with van der Waals surface area (Å²) in [6, 6.07) is 11.2. The molecule has 1 aliphatic carbocycles. The van der Waals surface area contributed by atoms with E-state index in [1.165, 1.54) is 11.8 Å². The second-order valence-electron chi connectivity index (χ2n) is 6.46. The highest BCUT2D eigenvalue weighted by Gasteiger charge is 2.17. The number of fused-ring (bicyclic) bond motifs is 1. The summed E-state index contributed by atoms with van der Waals surface area (Å²) in [5.41, 5.74) is 4.37. The van der Waals surface area contributed by atoms with E-state index in [0.29, 0.717) is 21.9 Å². The van der Waals surface area contributed by atoms with Gasteiger partial charge in [-0.25, -0.2) is 4.98 Å². The number of nitrogens with zero attached hydrogens (tertiary/aromatic N) is 2. The lowest BCUT2D eigenvalue weighted by Gasteiger charge is -2.07. The van der Waals surface area contributed by atoms with Crippen LogP contribution in [0.2, 0.25) is 0 Å². The normalized spacial score (nSPS) is 12.3. The van der Waals surface area contributed by atoms with E-state index >= 15 is 0 Å². The highest BCUT2D eigenvalue weighted by Crippen LogP contribution is 2.28. The van der Waals surface area contributed by atoms with E-state index in [4.69, 9.17) is 4.74 Å². The minimum absolute atomic E-state index is 0.162. The molecule has 6 heteroatoms. The van der Waals surface area contributed by atoms with Crippen molar-refractivity contribution in [2.24, 2.45) is 0 Å². The lowest BCUT2D eigenvalue weighted by Crippen LogP contribution is -2.14. The largest absolute Gasteiger partial charge is 0.457 e. The average Bonchev–Trinajstić information content (AvgIpc) is 3.13. The summed E-state index contributed by atoms with van der Waals surface area (Å²) in [7, 11) is 0. The van der Waals surface area contributed by atoms with Gasteiger partial charge >= 0.3 is 5.97 Å². The van der Waals surface area contributed by atoms with E-state index in [9.17, 15) is 14.9 Å². The van der Waals surface area contributed by atoms with Crippen LogP contribution in [0.1, 0.15) is 45.6 Å². The zero-order valence-electron chi connectivity index (χ0n) is 15.2. The number of benzene rings is 1. The molecular formula is C21H20N2O3S. The predicted octanol–water partition coefficient (Wildman–Crippen LogP) is 3.66. The topological polar surface area (TPSA) is 80.1 Å². The molecule has 0 radical (unpaired) electrons. The Bertz CT molecular complexity index is 901. The quantitative estimate of drug-likeness (QED) is 0.414. The highest BCUT2D eigenvalue weighted by molar-refractivity contribution is 7.99. The molecule has 5 nitrogen and oxygen atoms in total. The zero-order chi connectivity index (χ0) is 19.2. The van der Waals surface area contributed by atoms with Gasteiger partial charge in [0.25, 0.3) is 0 Å². The fraction of sp³-hybridized carbons (Fsp3) is 0.333. The van der Waals surface area contributed by atoms with Crippen LogP contribution in [-0.2, 0) is 22.4 Å². The molecule has 0 amide bonds. The van der Waals surface area contributed by atoms with E-state index < -0.39 is 5.97 Å². The summed E-state index contributed by atoms with van der Waals surface area (Å²) in [6.07, 6.45) is 3.15. The van der Waals surface area contributed by atoms with Crippen LogP contribution < -0.4 is 0 Å². The van der Waals surface area contributed by atoms with Crippen molar-refractivity contribution in [2.75, 3.05) is 12.4 Å². The van der Waals surface area contributed by atoms with Crippen molar-refractivity contribution >= 4 is 23.5 Å². The number of hydrogen-bond acceptors (Lipinski definition) is 6. The summed E-state index contributed by atoms with van der Waals surface area (Å²) in [4.78, 5) is 28.5. The SMILES string of the molecule is Cc1ccc(C(=O)COC(=O)CCSc2nc3c(cc2C#N)CCC3)cc1. The number of pyridine rings is 1. The van der Waals surface area contributed by atoms with Crippen molar-refractivity contribution in [1.29, 1.82) is 5.26 Å². The van der Waals surface area contributed by atoms with E-state index in [0.717, 1.165) is 36.1 Å². The molecule has 3 rings (SSSR count). The molecule has 1 aromatic heterocycles. The maximum absolute atomic E-state index is 12.0. The van der Waals surface area contributed by atoms with Gasteiger partial charge in [0, 0.05) is 17.0 Å². The fourth-order valence-corrected chi connectivity index (χ4v) is 3.81. The van der Waals surface area contributed by atoms with Gasteiger partial charge in [-0.1, -0.05) is 29.8 Å². The van der Waals surface area contributed by atoms with Crippen LogP contribution in [0.4, 0.5) is 0 Å². The first-order chi connectivity index (χ1) is 13.1. The van der Waals surface area contributed by atoms with Crippen LogP contribution in [0.15, 0.2) is 35.4 Å². The van der Waals surface area contributed by atoms with Crippen molar-refractivity contribution in [3.8, 4) is 6.07 Å². The molecule has 0 N–H and O–H groups in total. The van der Waals surface area contributed by atoms with Crippen molar-refractivity contribution < 1.29 is 14.3 Å². The van der Waals surface area contributed by atoms with Crippen LogP contribution in [-0.4, -0.2) is 29.1 Å². The van der Waals surface area contributed by atoms with Crippen LogP contribution in [0, 0.1) is 18.3 Å². The number of Topliss-reactive ketones (excluding diaryl/α,β-unsaturated/α-hetero) is 1. The zero-order valence-corrected chi connectivity index (χ0v) is 16.0. The number of aromatic nitrogens is 1. The smallest absolute Gasteiger partial charge is 0.307 e. The second-order valence-corrected chi connectivity index (χ2v) is 7.54. The van der Waals surface area contributed by atoms with Gasteiger partial charge in [0.05, 0.1) is 12.0 Å². The third-order valence-electron chi connectivity index (χ3n) is 4.42. The van der Waals surface area contributed by atoms with E-state index in [-0.39, 0.29) is 18.8 Å². The number of ether oxygens (including phenoxy) is 1. The third kappa shape index (κ3) is 4.95. The molecule has 0 atom stereocenters. The molecule has 0 saturated heterocycles. The molecule has 1 aliphatic rings. The number of thioether (sulfide) groups is 1. The Morgan fingerprint density at radius 3 is 2.78 bits per heavy atom. The van der Waals surface area contributed by atoms with E-state index in [1.54, 1.807) is 12.1 Å². The number of esters is 1. The molecule has 2 aromatic rings. The van der Waals surface area contributed by atoms with Crippen molar-refractivity contribution in [1.82, 2.24) is 4.98 Å². The minimum Gasteiger partial charge on any atom is -0.457 e. The number of nitriles is 1. The van der Waals surface area contributed by atoms with E-state index in [1.807, 2.05) is 25.1 Å². The van der Waals surface area contributed by atoms with Gasteiger partial charge in [0.2, 0.25) is 0 Å². The Morgan fingerprint density at radius 2 is 2.04 bits per heavy atom. The Balaban J connectivity index is 1.47. The van der Waals surface area contributed by atoms with Gasteiger partial charge in [-0.15, -0.1) is 11.8 Å². The summed E-state index contributed by atoms with van der Waals surface area (Å²) < 4.78 is 5.07. The first kappa shape index (κ1) is 19.1. The number of aryl methyl sites for hydroxylation is 3. The fourth-order valence-electron chi connectivity index (χ4n) is 2.92. The van der Waals surface area contributed by atoms with Gasteiger partial charge in [-0.05, 0) is 37.8 Å². The maximum Gasteiger partial charge on any atom is 0.307 e. The minimum atomic E-state index is -0.428. The van der Waals surface area contributed by atoms with Gasteiger partial charge in [0.1, 0.15) is 11.1 Å². The van der Waals surface area contributed by atoms with Gasteiger partial charge in [-0.2, -0.15) is 5.26 Å². The number of carbonyl (C=O) groups excluding carboxylic acids is 2. The summed E-state index contributed by atoms with van der Waals surface area (Å²) in [5.74, 6) is -0.191. The van der Waals surface area contributed by atoms with Gasteiger partial charge in [-0.3, -0.25) is 9.59 Å². The van der Waals surface area contributed by atoms with Crippen LogP contribution in [0.3, 0.4) is 0 Å². The molecule has 138 valence electrons. The Labute approximate surface area is 162 Å². The Hall–Kier alpha value is -2.65. The van der Waals surface area contributed by atoms with Crippen molar-refractivity contribution in [3.63, 3.8) is 0 Å². The summed E-state index contributed by atoms with van der Waals surface area (Å²) >= 11 is 1.38. The predicted molar refractivity (Wildman–Crippen MR) is 103 cm³/mol. The lowest BCUT2D eigenvalue weighted by molar-refractivity contribution is -0.141. The maximum atomic E-state index is 12.0. The summed E-state index contributed by atoms with van der Waals surface area (Å²) in [6.45, 7) is 1.69. The van der Waals surface area contributed by atoms with Crippen molar-refractivity contribution in [3.05, 3.63) is 58.3 Å². The number of ketones is 1. The average molecular weight is 380 g/mol. The highest BCUT2D eigenvalue weighted by atomic mass is 32.2. The molecule has 0 aliphatic heterocycles. The molecule has 0 saturated carbocycles. The van der Waals surface area contributed by atoms with Crippen molar-refractivity contribution in [2.45, 2.75) is 37.6 Å². The second kappa shape index (κ2) is 8.83. The van der Waals surface area contributed by atoms with Crippen LogP contribution in [0.25, 0.3) is 0 Å². The first-order valence-electron chi connectivity index (χ1n) is 8.88. The first-order valence-corrected chi connectivity index (χ1v) is 9.86. The van der Waals surface area contributed by atoms with Crippen LogP contribution >= 0.6 is 11.8 Å². The molecule has 27 heavy (non-hydrogen) atoms. The lowest BCUT2D eigenvalue weighted by atomic mass is 10.1. The molecule has 0 bridgehead atoms. The monoisotopic (exact) mass is 380 g/mol. The van der Waals surface area contributed by atoms with Gasteiger partial charge in [0.15, 0.2) is 12.4 Å². The Morgan fingerprint density at radius 1 is 1.26 bits per heavy atom. The van der Waals surface area contributed by atoms with Crippen LogP contribution in [0.5, 0.6) is 0 Å². The molecular weight excluding hydrogens is 360 g/mol. The van der Waals surface area contributed by atoms with Gasteiger partial charge < -0.3 is 4.74 Å². The van der Waals surface area contributed by atoms with E-state index in [2.05, 4.69) is 11.1 Å². The molecule has 1 aromatic carbocycles. The molecule has 0 unspecified atom stereocenters. The number of rotatable bonds is 7. The number of hydrogen-bond donors (Lipinski definition) is 0. The molecule has 1 heterocycles. The third-order valence-corrected chi connectivity index (χ3v) is 5.41. The standard InChI is InChI=1S/C21H20N2O3S/c1-14-5-7-15(8-6-14)19(24)13-26-20(25)9-10-27-21-17(12-22)11-16-3-2-4-18(16)23-21/h5-8,11H,2-4,9-10,13H2,1H3. The Kier molecular flexibility index (Phi) is 6.25. The summed E-state index contributed by atoms with van der Waals surface area (Å²) in [5, 5.41) is 9.96. The molecule has 0 spiro atoms. The molecule has 0 fully saturated rings. The number of carbonyl (C=O) groups is 2.